The van der Waals surface area contributed by atoms with Crippen LogP contribution < -0.4 is 0 Å². The largest absolute Gasteiger partial charge is 0.205 e. The van der Waals surface area contributed by atoms with Gasteiger partial charge in [-0.15, -0.1) is 0 Å². The molecule has 1 rings (SSSR count). The van der Waals surface area contributed by atoms with E-state index in [0.717, 1.165) is 5.56 Å². The first-order valence-corrected chi connectivity index (χ1v) is 5.15. The lowest BCUT2D eigenvalue weighted by atomic mass is 9.87. The molecule has 1 aromatic carbocycles. The van der Waals surface area contributed by atoms with E-state index in [9.17, 15) is 4.39 Å². The number of benzene rings is 1. The normalized spacial score (nSPS) is 11.8. The molecule has 1 aromatic rings. The Labute approximate surface area is 91.2 Å². The quantitative estimate of drug-likeness (QED) is 0.604. The lowest BCUT2D eigenvalue weighted by Crippen LogP contribution is -2.12. The first kappa shape index (κ1) is 11.0. The maximum Gasteiger partial charge on any atom is 0.142 e. The summed E-state index contributed by atoms with van der Waals surface area (Å²) in [5.74, 6) is -0.387. The topological polar surface area (TPSA) is 0 Å². The van der Waals surface area contributed by atoms with Crippen LogP contribution in [0.3, 0.4) is 0 Å². The second kappa shape index (κ2) is 3.58. The molecule has 0 amide bonds. The van der Waals surface area contributed by atoms with Crippen LogP contribution in [0.2, 0.25) is 5.02 Å². The van der Waals surface area contributed by atoms with Gasteiger partial charge in [-0.3, -0.25) is 0 Å². The fourth-order valence-electron chi connectivity index (χ4n) is 1.11. The summed E-state index contributed by atoms with van der Waals surface area (Å²) in [5.41, 5.74) is 0.981. The molecule has 0 spiro atoms. The summed E-state index contributed by atoms with van der Waals surface area (Å²) in [7, 11) is 0. The van der Waals surface area contributed by atoms with Crippen molar-refractivity contribution in [2.45, 2.75) is 26.2 Å². The van der Waals surface area contributed by atoms with Crippen molar-refractivity contribution in [2.24, 2.45) is 0 Å². The second-order valence-corrected chi connectivity index (χ2v) is 5.14. The summed E-state index contributed by atoms with van der Waals surface area (Å²) in [4.78, 5) is 0. The van der Waals surface area contributed by atoms with E-state index in [2.05, 4.69) is 36.7 Å². The molecule has 0 aliphatic heterocycles. The predicted molar refractivity (Wildman–Crippen MR) is 57.8 cm³/mol. The zero-order valence-corrected chi connectivity index (χ0v) is 10.1. The average Bonchev–Trinajstić information content (AvgIpc) is 1.98. The highest BCUT2D eigenvalue weighted by Gasteiger charge is 2.19. The van der Waals surface area contributed by atoms with Gasteiger partial charge in [-0.2, -0.15) is 0 Å². The van der Waals surface area contributed by atoms with Crippen molar-refractivity contribution in [2.75, 3.05) is 0 Å². The smallest absolute Gasteiger partial charge is 0.142 e. The molecule has 0 N–H and O–H groups in total. The summed E-state index contributed by atoms with van der Waals surface area (Å²) in [6.45, 7) is 6.17. The van der Waals surface area contributed by atoms with Crippen LogP contribution in [-0.4, -0.2) is 0 Å². The van der Waals surface area contributed by atoms with Crippen molar-refractivity contribution in [1.29, 1.82) is 0 Å². The summed E-state index contributed by atoms with van der Waals surface area (Å²) in [6.07, 6.45) is 0. The Balaban J connectivity index is 3.35. The average molecular weight is 266 g/mol. The van der Waals surface area contributed by atoms with Gasteiger partial charge in [0.25, 0.3) is 0 Å². The Bertz CT molecular complexity index is 328. The zero-order valence-electron chi connectivity index (χ0n) is 7.79. The van der Waals surface area contributed by atoms with E-state index in [0.29, 0.717) is 4.47 Å². The molecular weight excluding hydrogens is 254 g/mol. The minimum atomic E-state index is -0.387. The number of hydrogen-bond acceptors (Lipinski definition) is 0. The summed E-state index contributed by atoms with van der Waals surface area (Å²) >= 11 is 9.06. The minimum absolute atomic E-state index is 0.0316. The SMILES string of the molecule is CC(C)(C)c1ccc(F)c(Cl)c1Br. The van der Waals surface area contributed by atoms with Crippen LogP contribution >= 0.6 is 27.5 Å². The Morgan fingerprint density at radius 2 is 1.85 bits per heavy atom. The Morgan fingerprint density at radius 1 is 1.31 bits per heavy atom. The third kappa shape index (κ3) is 2.23. The van der Waals surface area contributed by atoms with E-state index in [1.54, 1.807) is 6.07 Å². The molecular formula is C10H11BrClF. The maximum absolute atomic E-state index is 13.0. The highest BCUT2D eigenvalue weighted by molar-refractivity contribution is 9.10. The molecule has 13 heavy (non-hydrogen) atoms. The van der Waals surface area contributed by atoms with Gasteiger partial charge in [0.2, 0.25) is 0 Å². The fourth-order valence-corrected chi connectivity index (χ4v) is 2.19. The molecule has 0 saturated carbocycles. The van der Waals surface area contributed by atoms with E-state index in [1.165, 1.54) is 6.07 Å². The van der Waals surface area contributed by atoms with Gasteiger partial charge in [0.15, 0.2) is 0 Å². The van der Waals surface area contributed by atoms with E-state index < -0.39 is 0 Å². The standard InChI is InChI=1S/C10H11BrClF/c1-10(2,3)6-4-5-7(13)9(12)8(6)11/h4-5H,1-3H3. The van der Waals surface area contributed by atoms with Gasteiger partial charge in [0, 0.05) is 4.47 Å². The summed E-state index contributed by atoms with van der Waals surface area (Å²) < 4.78 is 13.6. The molecule has 0 aliphatic carbocycles. The van der Waals surface area contributed by atoms with Crippen molar-refractivity contribution >= 4 is 27.5 Å². The lowest BCUT2D eigenvalue weighted by molar-refractivity contribution is 0.579. The van der Waals surface area contributed by atoms with Crippen LogP contribution in [0.1, 0.15) is 26.3 Å². The van der Waals surface area contributed by atoms with Crippen molar-refractivity contribution in [1.82, 2.24) is 0 Å². The number of hydrogen-bond donors (Lipinski definition) is 0. The van der Waals surface area contributed by atoms with E-state index >= 15 is 0 Å². The van der Waals surface area contributed by atoms with Crippen molar-refractivity contribution in [3.63, 3.8) is 0 Å². The van der Waals surface area contributed by atoms with Gasteiger partial charge in [-0.05, 0) is 33.0 Å². The van der Waals surface area contributed by atoms with Crippen LogP contribution in [0, 0.1) is 5.82 Å². The summed E-state index contributed by atoms with van der Waals surface area (Å²) in [5, 5.41) is 0.160. The lowest BCUT2D eigenvalue weighted by Gasteiger charge is -2.21. The molecule has 0 aromatic heterocycles. The molecule has 0 nitrogen and oxygen atoms in total. The van der Waals surface area contributed by atoms with Crippen molar-refractivity contribution in [3.8, 4) is 0 Å². The number of rotatable bonds is 0. The molecule has 0 heterocycles. The van der Waals surface area contributed by atoms with Crippen LogP contribution in [0.4, 0.5) is 4.39 Å². The van der Waals surface area contributed by atoms with Gasteiger partial charge in [0.05, 0.1) is 5.02 Å². The fraction of sp³-hybridized carbons (Fsp3) is 0.400. The molecule has 0 fully saturated rings. The molecule has 0 atom stereocenters. The molecule has 72 valence electrons. The number of halogens is 3. The molecule has 3 heteroatoms. The van der Waals surface area contributed by atoms with E-state index in [-0.39, 0.29) is 16.3 Å². The predicted octanol–water partition coefficient (Wildman–Crippen LogP) is 4.54. The van der Waals surface area contributed by atoms with Crippen LogP contribution in [0.25, 0.3) is 0 Å². The van der Waals surface area contributed by atoms with Crippen molar-refractivity contribution in [3.05, 3.63) is 33.0 Å². The molecule has 0 aliphatic rings. The van der Waals surface area contributed by atoms with Gasteiger partial charge >= 0.3 is 0 Å². The van der Waals surface area contributed by atoms with Gasteiger partial charge in [-0.1, -0.05) is 38.4 Å². The van der Waals surface area contributed by atoms with Gasteiger partial charge in [-0.25, -0.2) is 4.39 Å². The van der Waals surface area contributed by atoms with E-state index in [1.807, 2.05) is 0 Å². The highest BCUT2D eigenvalue weighted by atomic mass is 79.9. The van der Waals surface area contributed by atoms with Crippen molar-refractivity contribution < 1.29 is 4.39 Å². The maximum atomic E-state index is 13.0. The van der Waals surface area contributed by atoms with E-state index in [4.69, 9.17) is 11.6 Å². The van der Waals surface area contributed by atoms with Crippen LogP contribution in [0.5, 0.6) is 0 Å². The summed E-state index contributed by atoms with van der Waals surface area (Å²) in [6, 6.07) is 3.15. The molecule has 0 bridgehead atoms. The molecule has 0 unspecified atom stereocenters. The Kier molecular flexibility index (Phi) is 3.03. The van der Waals surface area contributed by atoms with Gasteiger partial charge in [0.1, 0.15) is 5.82 Å². The first-order chi connectivity index (χ1) is 5.84. The monoisotopic (exact) mass is 264 g/mol. The van der Waals surface area contributed by atoms with Crippen LogP contribution in [-0.2, 0) is 5.41 Å². The minimum Gasteiger partial charge on any atom is -0.205 e. The third-order valence-corrected chi connectivity index (χ3v) is 3.26. The van der Waals surface area contributed by atoms with Gasteiger partial charge < -0.3 is 0 Å². The first-order valence-electron chi connectivity index (χ1n) is 3.98. The Morgan fingerprint density at radius 3 is 2.31 bits per heavy atom. The highest BCUT2D eigenvalue weighted by Crippen LogP contribution is 2.35. The third-order valence-electron chi connectivity index (χ3n) is 1.84. The van der Waals surface area contributed by atoms with Crippen LogP contribution in [0.15, 0.2) is 16.6 Å². The second-order valence-electron chi connectivity index (χ2n) is 3.97. The zero-order chi connectivity index (χ0) is 10.2. The molecule has 0 radical (unpaired) electrons. The molecule has 0 saturated heterocycles. The Hall–Kier alpha value is -0.0800.